The number of hydrogen-bond donors (Lipinski definition) is 0. The molecule has 0 spiro atoms. The Labute approximate surface area is 400 Å². The van der Waals surface area contributed by atoms with Crippen molar-refractivity contribution in [1.29, 1.82) is 0 Å². The van der Waals surface area contributed by atoms with E-state index in [1.165, 1.54) is 64.2 Å². The van der Waals surface area contributed by atoms with Crippen molar-refractivity contribution in [1.82, 2.24) is 0 Å². The number of esters is 3. The Morgan fingerprint density at radius 1 is 0.323 bits per heavy atom. The first-order chi connectivity index (χ1) is 32.0. The third-order valence-corrected chi connectivity index (χ3v) is 11.0. The van der Waals surface area contributed by atoms with Crippen LogP contribution in [0, 0.1) is 0 Å². The average Bonchev–Trinajstić information content (AvgIpc) is 3.30. The summed E-state index contributed by atoms with van der Waals surface area (Å²) >= 11 is 0. The Kier molecular flexibility index (Phi) is 50.0. The first kappa shape index (κ1) is 61.3. The zero-order chi connectivity index (χ0) is 47.2. The van der Waals surface area contributed by atoms with E-state index in [9.17, 15) is 14.4 Å². The molecule has 1 atom stereocenters. The number of allylic oxidation sites excluding steroid dienone is 16. The fourth-order valence-corrected chi connectivity index (χ4v) is 7.02. The molecule has 6 nitrogen and oxygen atoms in total. The summed E-state index contributed by atoms with van der Waals surface area (Å²) < 4.78 is 16.8. The van der Waals surface area contributed by atoms with Gasteiger partial charge in [-0.15, -0.1) is 0 Å². The Balaban J connectivity index is 4.48. The van der Waals surface area contributed by atoms with E-state index in [1.54, 1.807) is 0 Å². The van der Waals surface area contributed by atoms with Crippen molar-refractivity contribution >= 4 is 17.9 Å². The summed E-state index contributed by atoms with van der Waals surface area (Å²) in [6, 6.07) is 0. The maximum atomic E-state index is 12.8. The molecule has 0 aliphatic rings. The highest BCUT2D eigenvalue weighted by molar-refractivity contribution is 5.71. The number of rotatable bonds is 47. The van der Waals surface area contributed by atoms with Crippen LogP contribution in [0.25, 0.3) is 0 Å². The molecule has 0 rings (SSSR count). The fourth-order valence-electron chi connectivity index (χ4n) is 7.02. The van der Waals surface area contributed by atoms with Crippen LogP contribution >= 0.6 is 0 Å². The van der Waals surface area contributed by atoms with Crippen LogP contribution in [0.4, 0.5) is 0 Å². The third-order valence-electron chi connectivity index (χ3n) is 11.0. The molecule has 0 heterocycles. The number of carbonyl (C=O) groups is 3. The molecule has 6 heteroatoms. The molecular weight excluding hydrogens is 805 g/mol. The second-order valence-corrected chi connectivity index (χ2v) is 17.4. The summed E-state index contributed by atoms with van der Waals surface area (Å²) in [5.74, 6) is -0.956. The van der Waals surface area contributed by atoms with Gasteiger partial charge in [-0.2, -0.15) is 0 Å². The normalized spacial score (nSPS) is 12.8. The molecule has 0 aliphatic heterocycles. The highest BCUT2D eigenvalue weighted by Crippen LogP contribution is 2.13. The fraction of sp³-hybridized carbons (Fsp3) is 0.678. The van der Waals surface area contributed by atoms with Gasteiger partial charge < -0.3 is 14.2 Å². The van der Waals surface area contributed by atoms with E-state index in [1.807, 2.05) is 0 Å². The first-order valence-electron chi connectivity index (χ1n) is 26.7. The summed E-state index contributed by atoms with van der Waals surface area (Å²) in [5, 5.41) is 0. The van der Waals surface area contributed by atoms with E-state index < -0.39 is 6.10 Å². The summed E-state index contributed by atoms with van der Waals surface area (Å²) in [4.78, 5) is 38.0. The number of hydrogen-bond acceptors (Lipinski definition) is 6. The highest BCUT2D eigenvalue weighted by atomic mass is 16.6. The zero-order valence-electron chi connectivity index (χ0n) is 42.2. The molecular formula is C59H98O6. The Hall–Kier alpha value is -3.67. The lowest BCUT2D eigenvalue weighted by Gasteiger charge is -2.18. The van der Waals surface area contributed by atoms with E-state index in [2.05, 4.69) is 118 Å². The van der Waals surface area contributed by atoms with Gasteiger partial charge in [0.15, 0.2) is 6.10 Å². The quantitative estimate of drug-likeness (QED) is 0.0262. The van der Waals surface area contributed by atoms with Crippen LogP contribution in [-0.4, -0.2) is 37.2 Å². The van der Waals surface area contributed by atoms with Crippen molar-refractivity contribution in [2.24, 2.45) is 0 Å². The molecule has 370 valence electrons. The van der Waals surface area contributed by atoms with Crippen LogP contribution in [0.1, 0.15) is 239 Å². The third kappa shape index (κ3) is 51.2. The van der Waals surface area contributed by atoms with E-state index in [0.29, 0.717) is 19.3 Å². The molecule has 0 N–H and O–H groups in total. The molecule has 0 bridgehead atoms. The molecule has 0 amide bonds. The molecule has 0 aromatic heterocycles. The zero-order valence-corrected chi connectivity index (χ0v) is 42.2. The number of carbonyl (C=O) groups excluding carboxylic acids is 3. The van der Waals surface area contributed by atoms with Crippen LogP contribution in [0.15, 0.2) is 97.2 Å². The van der Waals surface area contributed by atoms with Crippen molar-refractivity contribution in [3.8, 4) is 0 Å². The molecule has 0 radical (unpaired) electrons. The van der Waals surface area contributed by atoms with Crippen LogP contribution < -0.4 is 0 Å². The monoisotopic (exact) mass is 903 g/mol. The molecule has 0 aliphatic carbocycles. The largest absolute Gasteiger partial charge is 0.462 e. The lowest BCUT2D eigenvalue weighted by molar-refractivity contribution is -0.167. The van der Waals surface area contributed by atoms with Gasteiger partial charge in [0.25, 0.3) is 0 Å². The maximum Gasteiger partial charge on any atom is 0.306 e. The van der Waals surface area contributed by atoms with Gasteiger partial charge in [-0.05, 0) is 122 Å². The molecule has 1 unspecified atom stereocenters. The van der Waals surface area contributed by atoms with Gasteiger partial charge in [0.2, 0.25) is 0 Å². The average molecular weight is 903 g/mol. The van der Waals surface area contributed by atoms with Gasteiger partial charge in [0.05, 0.1) is 0 Å². The maximum absolute atomic E-state index is 12.8. The van der Waals surface area contributed by atoms with Crippen molar-refractivity contribution in [3.63, 3.8) is 0 Å². The minimum Gasteiger partial charge on any atom is -0.462 e. The van der Waals surface area contributed by atoms with Gasteiger partial charge in [-0.1, -0.05) is 195 Å². The van der Waals surface area contributed by atoms with Gasteiger partial charge in [0.1, 0.15) is 13.2 Å². The molecule has 65 heavy (non-hydrogen) atoms. The Morgan fingerprint density at radius 3 is 1.00 bits per heavy atom. The van der Waals surface area contributed by atoms with Crippen molar-refractivity contribution < 1.29 is 28.6 Å². The summed E-state index contributed by atoms with van der Waals surface area (Å²) in [7, 11) is 0. The minimum atomic E-state index is -0.802. The Morgan fingerprint density at radius 2 is 0.600 bits per heavy atom. The minimum absolute atomic E-state index is 0.0992. The standard InChI is InChI=1S/C59H98O6/c1-4-7-10-13-16-19-22-25-27-28-29-30-32-34-37-40-43-46-49-52-58(61)64-55-56(54-63-57(60)51-48-45-42-39-36-33-24-21-18-15-12-9-6-3)65-59(62)53-50-47-44-41-38-35-31-26-23-20-17-14-11-8-5-2/h7,10,16-17,19-21,24-27,29-31,34,37,56H,4-6,8-9,11-15,18,22-23,28,32-33,35-36,38-55H2,1-3H3/b10-7-,19-16-,20-17-,24-21-,27-25-,30-29-,31-26-,37-34-. The van der Waals surface area contributed by atoms with Crippen molar-refractivity contribution in [3.05, 3.63) is 97.2 Å². The summed E-state index contributed by atoms with van der Waals surface area (Å²) in [5.41, 5.74) is 0. The first-order valence-corrected chi connectivity index (χ1v) is 26.7. The lowest BCUT2D eigenvalue weighted by atomic mass is 10.1. The summed E-state index contributed by atoms with van der Waals surface area (Å²) in [6.07, 6.45) is 69.6. The topological polar surface area (TPSA) is 78.9 Å². The van der Waals surface area contributed by atoms with E-state index in [-0.39, 0.29) is 31.1 Å². The molecule has 0 fully saturated rings. The van der Waals surface area contributed by atoms with Gasteiger partial charge in [-0.3, -0.25) is 14.4 Å². The molecule has 0 aromatic carbocycles. The van der Waals surface area contributed by atoms with Crippen LogP contribution in [0.5, 0.6) is 0 Å². The second kappa shape index (κ2) is 52.9. The van der Waals surface area contributed by atoms with Gasteiger partial charge in [-0.25, -0.2) is 0 Å². The SMILES string of the molecule is CC/C=C\C/C=C\C/C=C\C/C=C\C/C=C\CCCCCC(=O)OCC(COC(=O)CCCCCCC/C=C\CCCCCC)OC(=O)CCCCCCC/C=C\C/C=C\CCCCC. The molecule has 0 saturated heterocycles. The smallest absolute Gasteiger partial charge is 0.306 e. The van der Waals surface area contributed by atoms with E-state index in [4.69, 9.17) is 14.2 Å². The summed E-state index contributed by atoms with van der Waals surface area (Å²) in [6.45, 7) is 6.43. The predicted molar refractivity (Wildman–Crippen MR) is 279 cm³/mol. The number of unbranched alkanes of at least 4 members (excludes halogenated alkanes) is 20. The molecule has 0 saturated carbocycles. The lowest BCUT2D eigenvalue weighted by Crippen LogP contribution is -2.30. The van der Waals surface area contributed by atoms with Gasteiger partial charge in [0, 0.05) is 19.3 Å². The molecule has 0 aromatic rings. The van der Waals surface area contributed by atoms with Crippen LogP contribution in [0.2, 0.25) is 0 Å². The Bertz CT molecular complexity index is 1310. The second-order valence-electron chi connectivity index (χ2n) is 17.4. The van der Waals surface area contributed by atoms with Crippen LogP contribution in [0.3, 0.4) is 0 Å². The van der Waals surface area contributed by atoms with Gasteiger partial charge >= 0.3 is 17.9 Å². The van der Waals surface area contributed by atoms with Crippen molar-refractivity contribution in [2.75, 3.05) is 13.2 Å². The predicted octanol–water partition coefficient (Wildman–Crippen LogP) is 17.8. The van der Waals surface area contributed by atoms with E-state index in [0.717, 1.165) is 135 Å². The highest BCUT2D eigenvalue weighted by Gasteiger charge is 2.19. The number of ether oxygens (including phenoxy) is 3. The van der Waals surface area contributed by atoms with Crippen LogP contribution in [-0.2, 0) is 28.6 Å². The van der Waals surface area contributed by atoms with E-state index >= 15 is 0 Å². The van der Waals surface area contributed by atoms with Crippen molar-refractivity contribution in [2.45, 2.75) is 245 Å².